The minimum atomic E-state index is -3.99. The molecule has 2 aromatic rings. The highest BCUT2D eigenvalue weighted by atomic mass is 32.2. The Morgan fingerprint density at radius 1 is 1.19 bits per heavy atom. The van der Waals surface area contributed by atoms with Crippen molar-refractivity contribution in [2.24, 2.45) is 0 Å². The Bertz CT molecular complexity index is 1150. The van der Waals surface area contributed by atoms with Gasteiger partial charge in [-0.05, 0) is 24.3 Å². The summed E-state index contributed by atoms with van der Waals surface area (Å²) in [6.07, 6.45) is 2.68. The lowest BCUT2D eigenvalue weighted by atomic mass is 10.2. The summed E-state index contributed by atoms with van der Waals surface area (Å²) in [5, 5.41) is 12.0. The molecule has 13 heteroatoms. The van der Waals surface area contributed by atoms with Crippen molar-refractivity contribution in [2.45, 2.75) is 4.90 Å². The van der Waals surface area contributed by atoms with Crippen molar-refractivity contribution < 1.29 is 32.6 Å². The number of aromatic nitrogens is 2. The minimum absolute atomic E-state index is 0.00308. The Hall–Kier alpha value is -3.71. The number of hydrogen-bond acceptors (Lipinski definition) is 10. The molecule has 3 rings (SSSR count). The first-order chi connectivity index (χ1) is 15.3. The molecule has 12 nitrogen and oxygen atoms in total. The lowest BCUT2D eigenvalue weighted by molar-refractivity contribution is -0.136. The van der Waals surface area contributed by atoms with E-state index in [9.17, 15) is 18.0 Å². The van der Waals surface area contributed by atoms with Gasteiger partial charge in [-0.1, -0.05) is 0 Å². The molecule has 3 N–H and O–H groups in total. The van der Waals surface area contributed by atoms with E-state index in [0.717, 1.165) is 0 Å². The molecule has 1 amide bonds. The maximum atomic E-state index is 12.7. The first-order valence-corrected chi connectivity index (χ1v) is 10.8. The Balaban J connectivity index is 1.81. The van der Waals surface area contributed by atoms with Crippen LogP contribution in [0, 0.1) is 0 Å². The van der Waals surface area contributed by atoms with Crippen LogP contribution in [0.4, 0.5) is 11.5 Å². The van der Waals surface area contributed by atoms with Gasteiger partial charge in [-0.2, -0.15) is 0 Å². The van der Waals surface area contributed by atoms with Crippen LogP contribution >= 0.6 is 0 Å². The predicted octanol–water partition coefficient (Wildman–Crippen LogP) is -0.0405. The highest BCUT2D eigenvalue weighted by Crippen LogP contribution is 2.25. The fourth-order valence-electron chi connectivity index (χ4n) is 2.94. The molecule has 2 heterocycles. The molecule has 1 aliphatic heterocycles. The molecule has 0 radical (unpaired) electrons. The van der Waals surface area contributed by atoms with Crippen LogP contribution in [-0.2, 0) is 24.3 Å². The Labute approximate surface area is 183 Å². The summed E-state index contributed by atoms with van der Waals surface area (Å²) in [7, 11) is -1.46. The number of nitrogens with one attached hydrogen (secondary N) is 2. The van der Waals surface area contributed by atoms with E-state index in [1.54, 1.807) is 0 Å². The van der Waals surface area contributed by atoms with E-state index in [4.69, 9.17) is 14.6 Å². The van der Waals surface area contributed by atoms with Gasteiger partial charge in [0.25, 0.3) is 21.8 Å². The Morgan fingerprint density at radius 2 is 1.88 bits per heavy atom. The van der Waals surface area contributed by atoms with Crippen molar-refractivity contribution in [1.82, 2.24) is 14.9 Å². The quantitative estimate of drug-likeness (QED) is 0.431. The van der Waals surface area contributed by atoms with E-state index in [-0.39, 0.29) is 47.6 Å². The van der Waals surface area contributed by atoms with Crippen molar-refractivity contribution in [2.75, 3.05) is 44.0 Å². The third kappa shape index (κ3) is 4.78. The van der Waals surface area contributed by atoms with Gasteiger partial charge in [0.15, 0.2) is 0 Å². The number of carbonyl (C=O) groups excluding carboxylic acids is 2. The van der Waals surface area contributed by atoms with Crippen LogP contribution in [0.3, 0.4) is 0 Å². The number of benzene rings is 1. The zero-order valence-corrected chi connectivity index (χ0v) is 18.0. The fourth-order valence-corrected chi connectivity index (χ4v) is 3.95. The summed E-state index contributed by atoms with van der Waals surface area (Å²) >= 11 is 0. The van der Waals surface area contributed by atoms with E-state index in [1.807, 2.05) is 0 Å². The maximum Gasteiger partial charge on any atom is 0.337 e. The van der Waals surface area contributed by atoms with Gasteiger partial charge in [-0.15, -0.1) is 0 Å². The fraction of sp³-hybridized carbons (Fsp3) is 0.263. The van der Waals surface area contributed by atoms with E-state index < -0.39 is 21.9 Å². The number of nitrogens with zero attached hydrogens (tertiary/aromatic N) is 3. The van der Waals surface area contributed by atoms with Crippen LogP contribution in [0.2, 0.25) is 0 Å². The Morgan fingerprint density at radius 3 is 2.50 bits per heavy atom. The summed E-state index contributed by atoms with van der Waals surface area (Å²) in [6.45, 7) is -0.215. The smallest absolute Gasteiger partial charge is 0.337 e. The summed E-state index contributed by atoms with van der Waals surface area (Å²) in [5.74, 6) is -1.20. The number of β-amino-alcohol motifs (C(OH)–C–C–N with tert-alkyl or cyclic N) is 1. The standard InChI is InChI=1S/C19H21N5O7S/c1-30-17-16(20-7-8-21-17)23-32(28,29)13-5-3-12(4-6-13)22-15-14(19(27)31-2)11-24(9-10-25)18(15)26/h3-8,22,25H,9-11H2,1-2H3,(H,20,23). The van der Waals surface area contributed by atoms with Crippen LogP contribution < -0.4 is 14.8 Å². The number of anilines is 2. The summed E-state index contributed by atoms with van der Waals surface area (Å²) in [5.41, 5.74) is 0.485. The van der Waals surface area contributed by atoms with Gasteiger partial charge in [0.05, 0.1) is 37.8 Å². The molecule has 0 unspecified atom stereocenters. The van der Waals surface area contributed by atoms with Gasteiger partial charge in [0, 0.05) is 24.6 Å². The van der Waals surface area contributed by atoms with Gasteiger partial charge >= 0.3 is 5.97 Å². The molecule has 0 saturated heterocycles. The van der Waals surface area contributed by atoms with Crippen LogP contribution in [0.25, 0.3) is 0 Å². The highest BCUT2D eigenvalue weighted by Gasteiger charge is 2.34. The lowest BCUT2D eigenvalue weighted by Crippen LogP contribution is -2.31. The SMILES string of the molecule is COC(=O)C1=C(Nc2ccc(S(=O)(=O)Nc3nccnc3OC)cc2)C(=O)N(CCO)C1. The number of hydrogen-bond donors (Lipinski definition) is 3. The van der Waals surface area contributed by atoms with Crippen LogP contribution in [0.5, 0.6) is 5.88 Å². The maximum absolute atomic E-state index is 12.7. The number of aliphatic hydroxyl groups excluding tert-OH is 1. The third-order valence-electron chi connectivity index (χ3n) is 4.48. The number of aliphatic hydroxyl groups is 1. The van der Waals surface area contributed by atoms with Crippen molar-refractivity contribution in [3.8, 4) is 5.88 Å². The monoisotopic (exact) mass is 463 g/mol. The number of ether oxygens (including phenoxy) is 2. The van der Waals surface area contributed by atoms with Crippen molar-refractivity contribution in [1.29, 1.82) is 0 Å². The summed E-state index contributed by atoms with van der Waals surface area (Å²) in [4.78, 5) is 33.6. The van der Waals surface area contributed by atoms with Crippen molar-refractivity contribution in [3.63, 3.8) is 0 Å². The molecule has 1 aromatic carbocycles. The van der Waals surface area contributed by atoms with E-state index >= 15 is 0 Å². The number of methoxy groups -OCH3 is 2. The molecule has 0 aliphatic carbocycles. The molecule has 0 spiro atoms. The molecule has 0 fully saturated rings. The van der Waals surface area contributed by atoms with Crippen LogP contribution in [0.15, 0.2) is 52.8 Å². The topological polar surface area (TPSA) is 160 Å². The van der Waals surface area contributed by atoms with Crippen LogP contribution in [-0.4, -0.2) is 74.2 Å². The molecule has 1 aliphatic rings. The number of carbonyl (C=O) groups is 2. The van der Waals surface area contributed by atoms with Gasteiger partial charge in [0.2, 0.25) is 5.82 Å². The van der Waals surface area contributed by atoms with Crippen molar-refractivity contribution >= 4 is 33.4 Å². The average Bonchev–Trinajstić information content (AvgIpc) is 3.09. The number of sulfonamides is 1. The third-order valence-corrected chi connectivity index (χ3v) is 5.83. The lowest BCUT2D eigenvalue weighted by Gasteiger charge is -2.15. The largest absolute Gasteiger partial charge is 0.478 e. The molecule has 170 valence electrons. The second kappa shape index (κ2) is 9.62. The van der Waals surface area contributed by atoms with E-state index in [1.165, 1.54) is 55.8 Å². The predicted molar refractivity (Wildman–Crippen MR) is 112 cm³/mol. The van der Waals surface area contributed by atoms with Crippen LogP contribution in [0.1, 0.15) is 0 Å². The molecule has 0 saturated carbocycles. The van der Waals surface area contributed by atoms with Gasteiger partial charge in [-0.25, -0.2) is 23.2 Å². The van der Waals surface area contributed by atoms with Gasteiger partial charge in [0.1, 0.15) is 5.70 Å². The number of rotatable bonds is 9. The average molecular weight is 463 g/mol. The molecule has 1 aromatic heterocycles. The number of esters is 1. The zero-order valence-electron chi connectivity index (χ0n) is 17.2. The molecule has 32 heavy (non-hydrogen) atoms. The minimum Gasteiger partial charge on any atom is -0.478 e. The van der Waals surface area contributed by atoms with Crippen molar-refractivity contribution in [3.05, 3.63) is 47.9 Å². The van der Waals surface area contributed by atoms with E-state index in [0.29, 0.717) is 5.69 Å². The normalized spacial score (nSPS) is 13.8. The Kier molecular flexibility index (Phi) is 6.90. The first-order valence-electron chi connectivity index (χ1n) is 9.27. The van der Waals surface area contributed by atoms with E-state index in [2.05, 4.69) is 20.0 Å². The number of amides is 1. The molecular formula is C19H21N5O7S. The summed E-state index contributed by atoms with van der Waals surface area (Å²) in [6, 6.07) is 5.51. The van der Waals surface area contributed by atoms with Gasteiger partial charge < -0.3 is 24.8 Å². The molecule has 0 bridgehead atoms. The highest BCUT2D eigenvalue weighted by molar-refractivity contribution is 7.92. The van der Waals surface area contributed by atoms with Gasteiger partial charge in [-0.3, -0.25) is 9.52 Å². The molecule has 0 atom stereocenters. The molecular weight excluding hydrogens is 442 g/mol. The second-order valence-corrected chi connectivity index (χ2v) is 8.15. The first kappa shape index (κ1) is 23.0. The zero-order chi connectivity index (χ0) is 23.3. The second-order valence-electron chi connectivity index (χ2n) is 6.46. The summed E-state index contributed by atoms with van der Waals surface area (Å²) < 4.78 is 37.3.